The van der Waals surface area contributed by atoms with Gasteiger partial charge in [-0.1, -0.05) is 30.2 Å². The lowest BCUT2D eigenvalue weighted by atomic mass is 9.63. The van der Waals surface area contributed by atoms with Gasteiger partial charge in [0.2, 0.25) is 5.91 Å². The zero-order chi connectivity index (χ0) is 15.9. The number of benzene rings is 1. The molecule has 23 heavy (non-hydrogen) atoms. The lowest BCUT2D eigenvalue weighted by molar-refractivity contribution is -0.189. The Hall–Kier alpha value is -1.10. The Morgan fingerprint density at radius 1 is 1.09 bits per heavy atom. The van der Waals surface area contributed by atoms with Gasteiger partial charge in [0.15, 0.2) is 5.79 Å². The predicted molar refractivity (Wildman–Crippen MR) is 87.4 cm³/mol. The summed E-state index contributed by atoms with van der Waals surface area (Å²) in [6.07, 6.45) is 4.47. The van der Waals surface area contributed by atoms with Crippen molar-refractivity contribution in [2.45, 2.75) is 43.3 Å². The highest BCUT2D eigenvalue weighted by atomic mass is 35.5. The van der Waals surface area contributed by atoms with Gasteiger partial charge in [-0.25, -0.2) is 0 Å². The standard InChI is InChI=1S/C18H22ClNO3/c19-15-4-1-3-14(13-15)17(5-2-6-17)16(21)20-9-7-18(8-10-20)22-11-12-23-18/h1,3-4,13H,2,5-12H2. The van der Waals surface area contributed by atoms with Gasteiger partial charge in [0, 0.05) is 31.0 Å². The van der Waals surface area contributed by atoms with Crippen molar-refractivity contribution in [3.05, 3.63) is 34.9 Å². The first-order valence-corrected chi connectivity index (χ1v) is 8.85. The van der Waals surface area contributed by atoms with Crippen LogP contribution >= 0.6 is 11.6 Å². The Bertz CT molecular complexity index is 598. The molecule has 2 saturated heterocycles. The summed E-state index contributed by atoms with van der Waals surface area (Å²) in [4.78, 5) is 15.2. The number of amides is 1. The molecule has 1 saturated carbocycles. The molecule has 1 aromatic carbocycles. The second kappa shape index (κ2) is 5.76. The van der Waals surface area contributed by atoms with Crippen LogP contribution < -0.4 is 0 Å². The van der Waals surface area contributed by atoms with Crippen molar-refractivity contribution in [2.24, 2.45) is 0 Å². The molecule has 0 radical (unpaired) electrons. The highest BCUT2D eigenvalue weighted by molar-refractivity contribution is 6.30. The fraction of sp³-hybridized carbons (Fsp3) is 0.611. The van der Waals surface area contributed by atoms with Crippen molar-refractivity contribution < 1.29 is 14.3 Å². The number of likely N-dealkylation sites (tertiary alicyclic amines) is 1. The van der Waals surface area contributed by atoms with Crippen molar-refractivity contribution >= 4 is 17.5 Å². The average molecular weight is 336 g/mol. The maximum Gasteiger partial charge on any atom is 0.233 e. The molecule has 0 unspecified atom stereocenters. The maximum absolute atomic E-state index is 13.2. The molecule has 4 rings (SSSR count). The highest BCUT2D eigenvalue weighted by Gasteiger charge is 2.50. The van der Waals surface area contributed by atoms with Crippen LogP contribution in [0.25, 0.3) is 0 Å². The van der Waals surface area contributed by atoms with E-state index in [9.17, 15) is 4.79 Å². The van der Waals surface area contributed by atoms with Crippen molar-refractivity contribution in [3.63, 3.8) is 0 Å². The second-order valence-electron chi connectivity index (χ2n) is 6.85. The number of piperidine rings is 1. The lowest BCUT2D eigenvalue weighted by Crippen LogP contribution is -2.55. The zero-order valence-electron chi connectivity index (χ0n) is 13.2. The van der Waals surface area contributed by atoms with Gasteiger partial charge in [0.1, 0.15) is 0 Å². The van der Waals surface area contributed by atoms with E-state index >= 15 is 0 Å². The monoisotopic (exact) mass is 335 g/mol. The summed E-state index contributed by atoms with van der Waals surface area (Å²) in [6, 6.07) is 7.79. The zero-order valence-corrected chi connectivity index (χ0v) is 14.0. The summed E-state index contributed by atoms with van der Waals surface area (Å²) in [5, 5.41) is 0.701. The Balaban J connectivity index is 1.51. The first-order chi connectivity index (χ1) is 11.1. The first kappa shape index (κ1) is 15.4. The molecule has 0 N–H and O–H groups in total. The quantitative estimate of drug-likeness (QED) is 0.833. The lowest BCUT2D eigenvalue weighted by Gasteiger charge is -2.46. The number of carbonyl (C=O) groups excluding carboxylic acids is 1. The Kier molecular flexibility index (Phi) is 3.87. The van der Waals surface area contributed by atoms with E-state index in [2.05, 4.69) is 0 Å². The van der Waals surface area contributed by atoms with Crippen molar-refractivity contribution in [1.29, 1.82) is 0 Å². The predicted octanol–water partition coefficient (Wildman–Crippen LogP) is 3.13. The van der Waals surface area contributed by atoms with Crippen molar-refractivity contribution in [2.75, 3.05) is 26.3 Å². The number of nitrogens with zero attached hydrogens (tertiary/aromatic N) is 1. The van der Waals surface area contributed by atoms with E-state index in [1.807, 2.05) is 29.2 Å². The van der Waals surface area contributed by atoms with Crippen LogP contribution in [-0.2, 0) is 19.7 Å². The maximum atomic E-state index is 13.2. The Morgan fingerprint density at radius 2 is 1.78 bits per heavy atom. The van der Waals surface area contributed by atoms with Gasteiger partial charge in [0.05, 0.1) is 18.6 Å². The van der Waals surface area contributed by atoms with Crippen LogP contribution in [0.3, 0.4) is 0 Å². The molecule has 1 spiro atoms. The summed E-state index contributed by atoms with van der Waals surface area (Å²) in [5.74, 6) is -0.182. The van der Waals surface area contributed by atoms with Crippen LogP contribution in [0.4, 0.5) is 0 Å². The van der Waals surface area contributed by atoms with Crippen LogP contribution in [0.1, 0.15) is 37.7 Å². The van der Waals surface area contributed by atoms with Gasteiger partial charge >= 0.3 is 0 Å². The van der Waals surface area contributed by atoms with Gasteiger partial charge in [0.25, 0.3) is 0 Å². The largest absolute Gasteiger partial charge is 0.347 e. The molecule has 3 aliphatic rings. The summed E-state index contributed by atoms with van der Waals surface area (Å²) in [6.45, 7) is 2.75. The number of hydrogen-bond donors (Lipinski definition) is 0. The number of carbonyl (C=O) groups is 1. The Morgan fingerprint density at radius 3 is 2.35 bits per heavy atom. The SMILES string of the molecule is O=C(N1CCC2(CC1)OCCO2)C1(c2cccc(Cl)c2)CCC1. The van der Waals surface area contributed by atoms with E-state index in [0.717, 1.165) is 37.7 Å². The summed E-state index contributed by atoms with van der Waals surface area (Å²) in [5.41, 5.74) is 0.696. The molecule has 5 heteroatoms. The van der Waals surface area contributed by atoms with Crippen molar-refractivity contribution in [3.8, 4) is 0 Å². The highest BCUT2D eigenvalue weighted by Crippen LogP contribution is 2.46. The molecule has 4 nitrogen and oxygen atoms in total. The van der Waals surface area contributed by atoms with Gasteiger partial charge in [-0.05, 0) is 30.5 Å². The Labute approximate surface area is 141 Å². The minimum atomic E-state index is -0.431. The summed E-state index contributed by atoms with van der Waals surface area (Å²) in [7, 11) is 0. The van der Waals surface area contributed by atoms with Crippen LogP contribution in [-0.4, -0.2) is 42.9 Å². The van der Waals surface area contributed by atoms with E-state index in [1.165, 1.54) is 0 Å². The number of rotatable bonds is 2. The number of hydrogen-bond acceptors (Lipinski definition) is 3. The van der Waals surface area contributed by atoms with Gasteiger partial charge in [-0.15, -0.1) is 0 Å². The first-order valence-electron chi connectivity index (χ1n) is 8.47. The normalized spacial score (nSPS) is 25.3. The minimum absolute atomic E-state index is 0.249. The van der Waals surface area contributed by atoms with E-state index in [1.54, 1.807) is 0 Å². The van der Waals surface area contributed by atoms with E-state index in [0.29, 0.717) is 31.3 Å². The summed E-state index contributed by atoms with van der Waals surface area (Å²) < 4.78 is 11.5. The molecule has 0 bridgehead atoms. The van der Waals surface area contributed by atoms with E-state index < -0.39 is 5.79 Å². The van der Waals surface area contributed by atoms with Crippen LogP contribution in [0.2, 0.25) is 5.02 Å². The summed E-state index contributed by atoms with van der Waals surface area (Å²) >= 11 is 6.15. The van der Waals surface area contributed by atoms with Crippen LogP contribution in [0.15, 0.2) is 24.3 Å². The third-order valence-corrected chi connectivity index (χ3v) is 5.85. The average Bonchev–Trinajstić information content (AvgIpc) is 2.95. The molecule has 2 aliphatic heterocycles. The van der Waals surface area contributed by atoms with Crippen molar-refractivity contribution in [1.82, 2.24) is 4.90 Å². The van der Waals surface area contributed by atoms with Gasteiger partial charge in [-0.3, -0.25) is 4.79 Å². The molecular formula is C18H22ClNO3. The fourth-order valence-electron chi connectivity index (χ4n) is 4.08. The molecular weight excluding hydrogens is 314 g/mol. The molecule has 3 fully saturated rings. The molecule has 1 amide bonds. The topological polar surface area (TPSA) is 38.8 Å². The number of ether oxygens (including phenoxy) is 2. The number of halogens is 1. The van der Waals surface area contributed by atoms with Gasteiger partial charge in [-0.2, -0.15) is 0 Å². The molecule has 1 aromatic rings. The van der Waals surface area contributed by atoms with Crippen LogP contribution in [0.5, 0.6) is 0 Å². The fourth-order valence-corrected chi connectivity index (χ4v) is 4.27. The second-order valence-corrected chi connectivity index (χ2v) is 7.28. The molecule has 0 atom stereocenters. The third kappa shape index (κ3) is 2.57. The molecule has 2 heterocycles. The molecule has 124 valence electrons. The van der Waals surface area contributed by atoms with E-state index in [-0.39, 0.29) is 11.3 Å². The molecule has 0 aromatic heterocycles. The van der Waals surface area contributed by atoms with Crippen LogP contribution in [0, 0.1) is 0 Å². The van der Waals surface area contributed by atoms with E-state index in [4.69, 9.17) is 21.1 Å². The smallest absolute Gasteiger partial charge is 0.233 e. The van der Waals surface area contributed by atoms with Gasteiger partial charge < -0.3 is 14.4 Å². The minimum Gasteiger partial charge on any atom is -0.347 e. The third-order valence-electron chi connectivity index (χ3n) is 5.62. The molecule has 1 aliphatic carbocycles.